The maximum Gasteiger partial charge on any atom is 0.349 e. The molecule has 0 amide bonds. The Balaban J connectivity index is 1.90. The predicted octanol–water partition coefficient (Wildman–Crippen LogP) is -0.110. The first kappa shape index (κ1) is 11.2. The van der Waals surface area contributed by atoms with Gasteiger partial charge in [0.15, 0.2) is 5.65 Å². The molecule has 3 rings (SSSR count). The molecule has 0 saturated carbocycles. The summed E-state index contributed by atoms with van der Waals surface area (Å²) in [5.74, 6) is 1.41. The smallest absolute Gasteiger partial charge is 0.349 e. The fraction of sp³-hybridized carbons (Fsp3) is 0.545. The quantitative estimate of drug-likeness (QED) is 0.690. The third-order valence-electron chi connectivity index (χ3n) is 3.22. The SMILES string of the molecule is Cc1nc(NC2CCCNC2)cc2n[nH]c(=O)n12. The number of aromatic amines is 1. The van der Waals surface area contributed by atoms with Crippen LogP contribution in [-0.4, -0.2) is 38.7 Å². The van der Waals surface area contributed by atoms with Gasteiger partial charge in [0.1, 0.15) is 11.6 Å². The van der Waals surface area contributed by atoms with Crippen molar-refractivity contribution in [1.82, 2.24) is 24.9 Å². The van der Waals surface area contributed by atoms with Gasteiger partial charge < -0.3 is 10.6 Å². The van der Waals surface area contributed by atoms with E-state index in [1.807, 2.05) is 0 Å². The van der Waals surface area contributed by atoms with Crippen LogP contribution in [0.5, 0.6) is 0 Å². The summed E-state index contributed by atoms with van der Waals surface area (Å²) in [5, 5.41) is 13.1. The molecule has 0 aliphatic carbocycles. The van der Waals surface area contributed by atoms with Crippen LogP contribution in [0, 0.1) is 6.92 Å². The highest BCUT2D eigenvalue weighted by Gasteiger charge is 2.14. The third-order valence-corrected chi connectivity index (χ3v) is 3.22. The predicted molar refractivity (Wildman–Crippen MR) is 67.9 cm³/mol. The lowest BCUT2D eigenvalue weighted by atomic mass is 10.1. The molecule has 1 unspecified atom stereocenters. The lowest BCUT2D eigenvalue weighted by Gasteiger charge is -2.24. The number of nitrogens with one attached hydrogen (secondary N) is 3. The average Bonchev–Trinajstić information content (AvgIpc) is 2.72. The molecule has 7 heteroatoms. The number of anilines is 1. The number of hydrogen-bond acceptors (Lipinski definition) is 5. The van der Waals surface area contributed by atoms with E-state index in [0.717, 1.165) is 25.3 Å². The number of nitrogens with zero attached hydrogens (tertiary/aromatic N) is 3. The maximum absolute atomic E-state index is 11.5. The van der Waals surface area contributed by atoms with Crippen molar-refractivity contribution in [3.8, 4) is 0 Å². The standard InChI is InChI=1S/C11H16N6O/c1-7-13-9(14-8-3-2-4-12-6-8)5-10-15-16-11(18)17(7)10/h5,8,12,14H,2-4,6H2,1H3,(H,16,18). The van der Waals surface area contributed by atoms with Crippen LogP contribution >= 0.6 is 0 Å². The van der Waals surface area contributed by atoms with Crippen molar-refractivity contribution in [2.24, 2.45) is 0 Å². The monoisotopic (exact) mass is 248 g/mol. The molecule has 96 valence electrons. The Morgan fingerprint density at radius 2 is 2.44 bits per heavy atom. The van der Waals surface area contributed by atoms with Crippen LogP contribution in [0.2, 0.25) is 0 Å². The van der Waals surface area contributed by atoms with Gasteiger partial charge in [-0.2, -0.15) is 5.10 Å². The summed E-state index contributed by atoms with van der Waals surface area (Å²) < 4.78 is 1.46. The molecule has 3 heterocycles. The lowest BCUT2D eigenvalue weighted by Crippen LogP contribution is -2.38. The summed E-state index contributed by atoms with van der Waals surface area (Å²) in [5.41, 5.74) is 0.347. The number of H-pyrrole nitrogens is 1. The van der Waals surface area contributed by atoms with Gasteiger partial charge in [-0.05, 0) is 26.3 Å². The van der Waals surface area contributed by atoms with E-state index in [-0.39, 0.29) is 5.69 Å². The van der Waals surface area contributed by atoms with Crippen LogP contribution in [-0.2, 0) is 0 Å². The topological polar surface area (TPSA) is 87.1 Å². The number of rotatable bonds is 2. The van der Waals surface area contributed by atoms with E-state index in [1.165, 1.54) is 10.8 Å². The van der Waals surface area contributed by atoms with Gasteiger partial charge >= 0.3 is 5.69 Å². The Labute approximate surface area is 104 Å². The van der Waals surface area contributed by atoms with E-state index in [4.69, 9.17) is 0 Å². The number of hydrogen-bond donors (Lipinski definition) is 3. The maximum atomic E-state index is 11.5. The molecule has 2 aromatic rings. The van der Waals surface area contributed by atoms with E-state index >= 15 is 0 Å². The molecule has 7 nitrogen and oxygen atoms in total. The molecule has 3 N–H and O–H groups in total. The number of piperidine rings is 1. The van der Waals surface area contributed by atoms with Gasteiger partial charge in [0.25, 0.3) is 0 Å². The van der Waals surface area contributed by atoms with Gasteiger partial charge in [0.2, 0.25) is 0 Å². The summed E-state index contributed by atoms with van der Waals surface area (Å²) in [6.45, 7) is 3.83. The second-order valence-electron chi connectivity index (χ2n) is 4.60. The van der Waals surface area contributed by atoms with E-state index in [0.29, 0.717) is 17.5 Å². The molecular weight excluding hydrogens is 232 g/mol. The van der Waals surface area contributed by atoms with Crippen molar-refractivity contribution >= 4 is 11.5 Å². The van der Waals surface area contributed by atoms with Crippen LogP contribution in [0.3, 0.4) is 0 Å². The lowest BCUT2D eigenvalue weighted by molar-refractivity contribution is 0.479. The van der Waals surface area contributed by atoms with Crippen molar-refractivity contribution in [2.75, 3.05) is 18.4 Å². The Morgan fingerprint density at radius 3 is 3.22 bits per heavy atom. The molecule has 0 spiro atoms. The zero-order valence-electron chi connectivity index (χ0n) is 10.2. The van der Waals surface area contributed by atoms with Crippen molar-refractivity contribution in [1.29, 1.82) is 0 Å². The van der Waals surface area contributed by atoms with Crippen molar-refractivity contribution in [2.45, 2.75) is 25.8 Å². The van der Waals surface area contributed by atoms with Crippen LogP contribution < -0.4 is 16.3 Å². The second-order valence-corrected chi connectivity index (χ2v) is 4.60. The minimum absolute atomic E-state index is 0.249. The second kappa shape index (κ2) is 4.41. The fourth-order valence-corrected chi connectivity index (χ4v) is 2.36. The highest BCUT2D eigenvalue weighted by molar-refractivity contribution is 5.50. The minimum atomic E-state index is -0.249. The molecule has 1 atom stereocenters. The van der Waals surface area contributed by atoms with Crippen molar-refractivity contribution in [3.63, 3.8) is 0 Å². The van der Waals surface area contributed by atoms with Crippen LogP contribution in [0.25, 0.3) is 5.65 Å². The molecule has 0 aromatic carbocycles. The Morgan fingerprint density at radius 1 is 1.56 bits per heavy atom. The van der Waals surface area contributed by atoms with Crippen LogP contribution in [0.15, 0.2) is 10.9 Å². The molecule has 1 fully saturated rings. The third kappa shape index (κ3) is 1.97. The van der Waals surface area contributed by atoms with Gasteiger partial charge in [-0.3, -0.25) is 0 Å². The Hall–Kier alpha value is -1.89. The molecule has 1 aliphatic rings. The van der Waals surface area contributed by atoms with E-state index in [2.05, 4.69) is 25.8 Å². The number of aromatic nitrogens is 4. The highest BCUT2D eigenvalue weighted by atomic mass is 16.1. The summed E-state index contributed by atoms with van der Waals surface area (Å²) in [6, 6.07) is 2.18. The summed E-state index contributed by atoms with van der Waals surface area (Å²) in [7, 11) is 0. The molecule has 1 aliphatic heterocycles. The fourth-order valence-electron chi connectivity index (χ4n) is 2.36. The normalized spacial score (nSPS) is 20.2. The largest absolute Gasteiger partial charge is 0.366 e. The summed E-state index contributed by atoms with van der Waals surface area (Å²) in [6.07, 6.45) is 2.30. The zero-order chi connectivity index (χ0) is 12.5. The Bertz CT molecular complexity index is 610. The molecule has 18 heavy (non-hydrogen) atoms. The number of fused-ring (bicyclic) bond motifs is 1. The molecular formula is C11H16N6O. The molecule has 1 saturated heterocycles. The van der Waals surface area contributed by atoms with E-state index < -0.39 is 0 Å². The number of aryl methyl sites for hydroxylation is 1. The van der Waals surface area contributed by atoms with Crippen molar-refractivity contribution in [3.05, 3.63) is 22.4 Å². The molecule has 2 aromatic heterocycles. The minimum Gasteiger partial charge on any atom is -0.366 e. The summed E-state index contributed by atoms with van der Waals surface area (Å²) >= 11 is 0. The average molecular weight is 248 g/mol. The molecule has 0 radical (unpaired) electrons. The van der Waals surface area contributed by atoms with Crippen molar-refractivity contribution < 1.29 is 0 Å². The van der Waals surface area contributed by atoms with Gasteiger partial charge in [0.05, 0.1) is 0 Å². The first-order valence-corrected chi connectivity index (χ1v) is 6.16. The first-order chi connectivity index (χ1) is 8.74. The highest BCUT2D eigenvalue weighted by Crippen LogP contribution is 2.12. The van der Waals surface area contributed by atoms with E-state index in [9.17, 15) is 4.79 Å². The van der Waals surface area contributed by atoms with Gasteiger partial charge in [-0.15, -0.1) is 0 Å². The van der Waals surface area contributed by atoms with Crippen LogP contribution in [0.4, 0.5) is 5.82 Å². The van der Waals surface area contributed by atoms with Gasteiger partial charge in [-0.1, -0.05) is 0 Å². The van der Waals surface area contributed by atoms with Crippen LogP contribution in [0.1, 0.15) is 18.7 Å². The van der Waals surface area contributed by atoms with Gasteiger partial charge in [-0.25, -0.2) is 19.3 Å². The molecule has 0 bridgehead atoms. The first-order valence-electron chi connectivity index (χ1n) is 6.16. The zero-order valence-corrected chi connectivity index (χ0v) is 10.2. The summed E-state index contributed by atoms with van der Waals surface area (Å²) in [4.78, 5) is 15.9. The van der Waals surface area contributed by atoms with Gasteiger partial charge in [0, 0.05) is 18.7 Å². The van der Waals surface area contributed by atoms with E-state index in [1.54, 1.807) is 13.0 Å². The Kier molecular flexibility index (Phi) is 2.75.